The number of likely N-dealkylation sites (tertiary alicyclic amines) is 3. The molecule has 1 aliphatic carbocycles. The van der Waals surface area contributed by atoms with Crippen LogP contribution in [0.1, 0.15) is 36.4 Å². The van der Waals surface area contributed by atoms with Crippen LogP contribution in [0.25, 0.3) is 11.1 Å². The third-order valence-electron chi connectivity index (χ3n) is 7.83. The highest BCUT2D eigenvalue weighted by Crippen LogP contribution is 2.50. The predicted octanol–water partition coefficient (Wildman–Crippen LogP) is 1.88. The number of nitriles is 1. The van der Waals surface area contributed by atoms with Gasteiger partial charge in [0.2, 0.25) is 11.8 Å². The van der Waals surface area contributed by atoms with Crippen LogP contribution < -0.4 is 5.73 Å². The Balaban J connectivity index is 1.21. The molecule has 0 saturated carbocycles. The lowest BCUT2D eigenvalue weighted by atomic mass is 10.0. The summed E-state index contributed by atoms with van der Waals surface area (Å²) in [4.78, 5) is 32.2. The molecule has 3 heterocycles. The van der Waals surface area contributed by atoms with Gasteiger partial charge in [0, 0.05) is 25.7 Å². The Bertz CT molecular complexity index is 1130. The van der Waals surface area contributed by atoms with Crippen molar-refractivity contribution >= 4 is 11.8 Å². The lowest BCUT2D eigenvalue weighted by Gasteiger charge is -2.39. The van der Waals surface area contributed by atoms with Crippen molar-refractivity contribution in [2.45, 2.75) is 49.5 Å². The van der Waals surface area contributed by atoms with Crippen LogP contribution in [0.4, 0.5) is 0 Å². The van der Waals surface area contributed by atoms with E-state index in [9.17, 15) is 14.9 Å². The number of piperazine rings is 1. The van der Waals surface area contributed by atoms with E-state index >= 15 is 0 Å². The van der Waals surface area contributed by atoms with Gasteiger partial charge in [0.15, 0.2) is 0 Å². The van der Waals surface area contributed by atoms with Crippen LogP contribution in [0.3, 0.4) is 0 Å². The first kappa shape index (κ1) is 20.4. The molecule has 0 unspecified atom stereocenters. The highest BCUT2D eigenvalue weighted by atomic mass is 16.2. The molecule has 2 aromatic carbocycles. The first-order valence-corrected chi connectivity index (χ1v) is 11.8. The standard InChI is InChI=1S/C26H27N5O2/c27-13-16-6-5-11-30(16)25(32)22(28)15-29-14-17-12-23(29)26(33)31(17)24-20-9-3-1-7-18(20)19-8-2-4-10-21(19)24/h1-4,7-10,16-17,22-24H,5-6,11-12,14-15,28H2/t16-,17-,22-,23-/m0/s1. The number of carbonyl (C=O) groups excluding carboxylic acids is 2. The summed E-state index contributed by atoms with van der Waals surface area (Å²) in [6.45, 7) is 1.66. The normalized spacial score (nSPS) is 27.0. The summed E-state index contributed by atoms with van der Waals surface area (Å²) in [6.07, 6.45) is 2.31. The minimum Gasteiger partial charge on any atom is -0.326 e. The molecule has 168 valence electrons. The van der Waals surface area contributed by atoms with Crippen LogP contribution in [0, 0.1) is 11.3 Å². The van der Waals surface area contributed by atoms with E-state index in [1.165, 1.54) is 22.3 Å². The first-order valence-electron chi connectivity index (χ1n) is 11.8. The van der Waals surface area contributed by atoms with Gasteiger partial charge in [-0.25, -0.2) is 0 Å². The van der Waals surface area contributed by atoms with Gasteiger partial charge in [-0.3, -0.25) is 14.5 Å². The van der Waals surface area contributed by atoms with E-state index in [1.807, 2.05) is 24.3 Å². The minimum absolute atomic E-state index is 0.0571. The molecule has 0 radical (unpaired) electrons. The number of benzene rings is 2. The Labute approximate surface area is 193 Å². The summed E-state index contributed by atoms with van der Waals surface area (Å²) in [5.41, 5.74) is 11.1. The number of fused-ring (bicyclic) bond motifs is 5. The number of hydrogen-bond acceptors (Lipinski definition) is 5. The molecule has 2 amide bonds. The van der Waals surface area contributed by atoms with Crippen molar-refractivity contribution in [3.8, 4) is 17.2 Å². The molecule has 3 saturated heterocycles. The Morgan fingerprint density at radius 2 is 1.79 bits per heavy atom. The summed E-state index contributed by atoms with van der Waals surface area (Å²) in [5.74, 6) is -0.0525. The molecule has 0 spiro atoms. The van der Waals surface area contributed by atoms with Crippen molar-refractivity contribution in [2.24, 2.45) is 5.73 Å². The maximum absolute atomic E-state index is 13.6. The van der Waals surface area contributed by atoms with E-state index in [0.29, 0.717) is 19.5 Å². The zero-order chi connectivity index (χ0) is 22.7. The molecule has 3 fully saturated rings. The molecular formula is C26H27N5O2. The molecular weight excluding hydrogens is 414 g/mol. The monoisotopic (exact) mass is 441 g/mol. The fourth-order valence-electron chi connectivity index (χ4n) is 6.37. The van der Waals surface area contributed by atoms with Crippen LogP contribution in [-0.4, -0.2) is 70.3 Å². The molecule has 6 rings (SSSR count). The quantitative estimate of drug-likeness (QED) is 0.782. The Morgan fingerprint density at radius 1 is 1.12 bits per heavy atom. The van der Waals surface area contributed by atoms with Crippen molar-refractivity contribution < 1.29 is 9.59 Å². The lowest BCUT2D eigenvalue weighted by Crippen LogP contribution is -2.56. The van der Waals surface area contributed by atoms with Crippen molar-refractivity contribution in [3.63, 3.8) is 0 Å². The zero-order valence-corrected chi connectivity index (χ0v) is 18.4. The van der Waals surface area contributed by atoms with E-state index in [4.69, 9.17) is 5.73 Å². The van der Waals surface area contributed by atoms with Crippen molar-refractivity contribution in [1.82, 2.24) is 14.7 Å². The van der Waals surface area contributed by atoms with Crippen LogP contribution in [0.2, 0.25) is 0 Å². The van der Waals surface area contributed by atoms with Gasteiger partial charge in [-0.2, -0.15) is 5.26 Å². The molecule has 4 aliphatic rings. The van der Waals surface area contributed by atoms with E-state index < -0.39 is 6.04 Å². The van der Waals surface area contributed by atoms with Gasteiger partial charge in [0.05, 0.1) is 24.2 Å². The third kappa shape index (κ3) is 3.01. The van der Waals surface area contributed by atoms with Crippen LogP contribution in [-0.2, 0) is 9.59 Å². The van der Waals surface area contributed by atoms with Crippen LogP contribution in [0.15, 0.2) is 48.5 Å². The SMILES string of the molecule is N#C[C@@H]1CCCN1C(=O)[C@@H](N)CN1C[C@@H]2C[C@H]1C(=O)N2C1c2ccccc2-c2ccccc21. The first-order chi connectivity index (χ1) is 16.1. The van der Waals surface area contributed by atoms with Gasteiger partial charge in [-0.05, 0) is 41.5 Å². The number of hydrogen-bond donors (Lipinski definition) is 1. The van der Waals surface area contributed by atoms with E-state index in [1.54, 1.807) is 4.90 Å². The average Bonchev–Trinajstić information content (AvgIpc) is 3.60. The number of rotatable bonds is 4. The van der Waals surface area contributed by atoms with E-state index in [2.05, 4.69) is 40.1 Å². The summed E-state index contributed by atoms with van der Waals surface area (Å²) < 4.78 is 0. The predicted molar refractivity (Wildman–Crippen MR) is 123 cm³/mol. The number of amides is 2. The average molecular weight is 442 g/mol. The second-order valence-corrected chi connectivity index (χ2v) is 9.61. The van der Waals surface area contributed by atoms with Gasteiger partial charge >= 0.3 is 0 Å². The fraction of sp³-hybridized carbons (Fsp3) is 0.423. The molecule has 2 bridgehead atoms. The number of nitrogens with two attached hydrogens (primary N) is 1. The molecule has 0 aromatic heterocycles. The van der Waals surface area contributed by atoms with Gasteiger partial charge in [0.1, 0.15) is 6.04 Å². The number of carbonyl (C=O) groups is 2. The van der Waals surface area contributed by atoms with Gasteiger partial charge in [0.25, 0.3) is 0 Å². The summed E-state index contributed by atoms with van der Waals surface area (Å²) in [5, 5.41) is 9.30. The Hall–Kier alpha value is -3.21. The summed E-state index contributed by atoms with van der Waals surface area (Å²) >= 11 is 0. The summed E-state index contributed by atoms with van der Waals surface area (Å²) in [6, 6.07) is 17.6. The van der Waals surface area contributed by atoms with Crippen LogP contribution in [0.5, 0.6) is 0 Å². The minimum atomic E-state index is -0.715. The molecule has 2 N–H and O–H groups in total. The Kier molecular flexibility index (Phi) is 4.75. The van der Waals surface area contributed by atoms with Crippen molar-refractivity contribution in [3.05, 3.63) is 59.7 Å². The van der Waals surface area contributed by atoms with Gasteiger partial charge < -0.3 is 15.5 Å². The highest BCUT2D eigenvalue weighted by molar-refractivity contribution is 5.89. The lowest BCUT2D eigenvalue weighted by molar-refractivity contribution is -0.140. The topological polar surface area (TPSA) is 93.7 Å². The van der Waals surface area contributed by atoms with Crippen molar-refractivity contribution in [2.75, 3.05) is 19.6 Å². The fourth-order valence-corrected chi connectivity index (χ4v) is 6.37. The van der Waals surface area contributed by atoms with Crippen LogP contribution >= 0.6 is 0 Å². The zero-order valence-electron chi connectivity index (χ0n) is 18.4. The summed E-state index contributed by atoms with van der Waals surface area (Å²) in [7, 11) is 0. The molecule has 3 aliphatic heterocycles. The molecule has 2 aromatic rings. The Morgan fingerprint density at radius 3 is 2.42 bits per heavy atom. The maximum Gasteiger partial charge on any atom is 0.241 e. The number of nitrogens with zero attached hydrogens (tertiary/aromatic N) is 4. The third-order valence-corrected chi connectivity index (χ3v) is 7.83. The van der Waals surface area contributed by atoms with Crippen molar-refractivity contribution in [1.29, 1.82) is 5.26 Å². The molecule has 7 heteroatoms. The highest BCUT2D eigenvalue weighted by Gasteiger charge is 2.54. The van der Waals surface area contributed by atoms with E-state index in [0.717, 1.165) is 19.4 Å². The van der Waals surface area contributed by atoms with Gasteiger partial charge in [-0.1, -0.05) is 48.5 Å². The molecule has 33 heavy (non-hydrogen) atoms. The molecule has 4 atom stereocenters. The molecule has 7 nitrogen and oxygen atoms in total. The smallest absolute Gasteiger partial charge is 0.241 e. The second-order valence-electron chi connectivity index (χ2n) is 9.61. The van der Waals surface area contributed by atoms with E-state index in [-0.39, 0.29) is 36.0 Å². The largest absolute Gasteiger partial charge is 0.326 e. The second kappa shape index (κ2) is 7.68. The van der Waals surface area contributed by atoms with Gasteiger partial charge in [-0.15, -0.1) is 0 Å². The maximum atomic E-state index is 13.6.